The summed E-state index contributed by atoms with van der Waals surface area (Å²) in [5.74, 6) is 0.819. The molecule has 1 aromatic heterocycles. The predicted octanol–water partition coefficient (Wildman–Crippen LogP) is 3.67. The molecular weight excluding hydrogens is 398 g/mol. The van der Waals surface area contributed by atoms with E-state index in [0.29, 0.717) is 12.6 Å². The van der Waals surface area contributed by atoms with E-state index in [2.05, 4.69) is 38.0 Å². The maximum Gasteiger partial charge on any atom is 0.410 e. The molecule has 8 heteroatoms. The molecule has 0 aliphatic carbocycles. The number of nitrogens with one attached hydrogen (secondary N) is 2. The topological polar surface area (TPSA) is 69.2 Å². The van der Waals surface area contributed by atoms with E-state index in [1.54, 1.807) is 11.3 Å². The number of nitrogens with zero attached hydrogens (tertiary/aromatic N) is 3. The molecule has 7 nitrogen and oxygen atoms in total. The van der Waals surface area contributed by atoms with Gasteiger partial charge in [0, 0.05) is 39.3 Å². The molecule has 2 N–H and O–H groups in total. The van der Waals surface area contributed by atoms with Crippen LogP contribution in [0.1, 0.15) is 52.9 Å². The van der Waals surface area contributed by atoms with Crippen molar-refractivity contribution >= 4 is 28.4 Å². The first-order valence-corrected chi connectivity index (χ1v) is 12.0. The van der Waals surface area contributed by atoms with Gasteiger partial charge in [0.05, 0.1) is 11.0 Å². The number of piperidine rings is 2. The average Bonchev–Trinajstić information content (AvgIpc) is 3.25. The summed E-state index contributed by atoms with van der Waals surface area (Å²) in [5.41, 5.74) is -0.470. The number of carbonyl (C=O) groups is 1. The minimum atomic E-state index is -0.470. The molecule has 2 fully saturated rings. The van der Waals surface area contributed by atoms with Crippen molar-refractivity contribution < 1.29 is 9.53 Å². The van der Waals surface area contributed by atoms with Gasteiger partial charge in [-0.25, -0.2) is 4.79 Å². The summed E-state index contributed by atoms with van der Waals surface area (Å²) in [4.78, 5) is 21.4. The summed E-state index contributed by atoms with van der Waals surface area (Å²) < 4.78 is 5.61. The minimum absolute atomic E-state index is 0.132. The lowest BCUT2D eigenvalue weighted by Crippen LogP contribution is -2.54. The van der Waals surface area contributed by atoms with Crippen molar-refractivity contribution in [2.45, 2.75) is 70.6 Å². The summed E-state index contributed by atoms with van der Waals surface area (Å²) in [5, 5.41) is 10.5. The molecule has 0 radical (unpaired) electrons. The van der Waals surface area contributed by atoms with Gasteiger partial charge in [-0.15, -0.1) is 11.3 Å². The summed E-state index contributed by atoms with van der Waals surface area (Å²) in [7, 11) is 1.81. The molecule has 2 aliphatic rings. The fourth-order valence-corrected chi connectivity index (χ4v) is 4.86. The molecule has 3 rings (SSSR count). The molecule has 2 saturated heterocycles. The Bertz CT molecular complexity index is 693. The number of anilines is 1. The molecule has 1 unspecified atom stereocenters. The van der Waals surface area contributed by atoms with Crippen molar-refractivity contribution in [3.05, 3.63) is 17.5 Å². The van der Waals surface area contributed by atoms with E-state index in [-0.39, 0.29) is 12.1 Å². The van der Waals surface area contributed by atoms with Gasteiger partial charge in [0.2, 0.25) is 0 Å². The predicted molar refractivity (Wildman–Crippen MR) is 125 cm³/mol. The van der Waals surface area contributed by atoms with Crippen LogP contribution in [0.3, 0.4) is 0 Å². The van der Waals surface area contributed by atoms with Crippen LogP contribution in [0.5, 0.6) is 0 Å². The smallest absolute Gasteiger partial charge is 0.410 e. The van der Waals surface area contributed by atoms with E-state index < -0.39 is 5.60 Å². The molecule has 168 valence electrons. The van der Waals surface area contributed by atoms with Crippen LogP contribution in [0.4, 0.5) is 9.80 Å². The van der Waals surface area contributed by atoms with E-state index in [1.165, 1.54) is 5.00 Å². The third kappa shape index (κ3) is 6.52. The monoisotopic (exact) mass is 435 g/mol. The highest BCUT2D eigenvalue weighted by Gasteiger charge is 2.30. The first-order chi connectivity index (χ1) is 14.4. The highest BCUT2D eigenvalue weighted by Crippen LogP contribution is 2.25. The standard InChI is InChI=1S/C22H37N5O2S/c1-22(2,3)29-21(28)27-12-6-5-8-18(27)16-24-20(23-4)25-17-10-13-26(14-11-17)19-9-7-15-30-19/h7,9,15,17-18H,5-6,8,10-14,16H2,1-4H3,(H2,23,24,25). The van der Waals surface area contributed by atoms with Crippen LogP contribution < -0.4 is 15.5 Å². The Morgan fingerprint density at radius 2 is 2.00 bits per heavy atom. The zero-order chi connectivity index (χ0) is 21.6. The zero-order valence-corrected chi connectivity index (χ0v) is 19.6. The van der Waals surface area contributed by atoms with Crippen LogP contribution in [-0.2, 0) is 4.74 Å². The molecular formula is C22H37N5O2S. The van der Waals surface area contributed by atoms with Gasteiger partial charge < -0.3 is 25.2 Å². The second kappa shape index (κ2) is 10.4. The number of hydrogen-bond acceptors (Lipinski definition) is 5. The maximum absolute atomic E-state index is 12.6. The number of aliphatic imine (C=N–C) groups is 1. The second-order valence-corrected chi connectivity index (χ2v) is 10.1. The average molecular weight is 436 g/mol. The zero-order valence-electron chi connectivity index (χ0n) is 18.8. The number of amides is 1. The molecule has 0 bridgehead atoms. The van der Waals surface area contributed by atoms with Crippen LogP contribution in [0.2, 0.25) is 0 Å². The van der Waals surface area contributed by atoms with E-state index in [1.807, 2.05) is 32.7 Å². The molecule has 30 heavy (non-hydrogen) atoms. The molecule has 3 heterocycles. The number of carbonyl (C=O) groups excluding carboxylic acids is 1. The van der Waals surface area contributed by atoms with Crippen LogP contribution in [0.15, 0.2) is 22.5 Å². The van der Waals surface area contributed by atoms with E-state index in [9.17, 15) is 4.79 Å². The fraction of sp³-hybridized carbons (Fsp3) is 0.727. The quantitative estimate of drug-likeness (QED) is 0.558. The first-order valence-electron chi connectivity index (χ1n) is 11.1. The summed E-state index contributed by atoms with van der Waals surface area (Å²) in [6.07, 6.45) is 5.13. The lowest BCUT2D eigenvalue weighted by Gasteiger charge is -2.37. The molecule has 0 spiro atoms. The number of ether oxygens (including phenoxy) is 1. The van der Waals surface area contributed by atoms with Crippen molar-refractivity contribution in [2.24, 2.45) is 4.99 Å². The minimum Gasteiger partial charge on any atom is -0.444 e. The molecule has 0 aromatic carbocycles. The van der Waals surface area contributed by atoms with Gasteiger partial charge in [-0.3, -0.25) is 4.99 Å². The Balaban J connectivity index is 1.46. The van der Waals surface area contributed by atoms with Crippen molar-refractivity contribution in [2.75, 3.05) is 38.1 Å². The lowest BCUT2D eigenvalue weighted by molar-refractivity contribution is 0.0104. The molecule has 1 atom stereocenters. The van der Waals surface area contributed by atoms with Crippen LogP contribution in [0.25, 0.3) is 0 Å². The van der Waals surface area contributed by atoms with Crippen molar-refractivity contribution in [1.82, 2.24) is 15.5 Å². The third-order valence-corrected chi connectivity index (χ3v) is 6.57. The molecule has 1 amide bonds. The highest BCUT2D eigenvalue weighted by molar-refractivity contribution is 7.14. The Labute approximate surface area is 184 Å². The number of guanidine groups is 1. The van der Waals surface area contributed by atoms with Crippen LogP contribution in [0, 0.1) is 0 Å². The van der Waals surface area contributed by atoms with E-state index in [4.69, 9.17) is 4.74 Å². The number of thiophene rings is 1. The number of hydrogen-bond donors (Lipinski definition) is 2. The lowest BCUT2D eigenvalue weighted by atomic mass is 10.0. The second-order valence-electron chi connectivity index (χ2n) is 9.13. The maximum atomic E-state index is 12.6. The van der Waals surface area contributed by atoms with Gasteiger partial charge in [-0.1, -0.05) is 0 Å². The Hall–Kier alpha value is -1.96. The summed E-state index contributed by atoms with van der Waals surface area (Å²) >= 11 is 1.81. The number of likely N-dealkylation sites (tertiary alicyclic amines) is 1. The van der Waals surface area contributed by atoms with Gasteiger partial charge in [0.15, 0.2) is 5.96 Å². The van der Waals surface area contributed by atoms with Gasteiger partial charge in [-0.2, -0.15) is 0 Å². The third-order valence-electron chi connectivity index (χ3n) is 5.64. The van der Waals surface area contributed by atoms with Crippen LogP contribution >= 0.6 is 11.3 Å². The first kappa shape index (κ1) is 22.7. The summed E-state index contributed by atoms with van der Waals surface area (Å²) in [6, 6.07) is 4.86. The largest absolute Gasteiger partial charge is 0.444 e. The summed E-state index contributed by atoms with van der Waals surface area (Å²) in [6.45, 7) is 9.31. The molecule has 0 saturated carbocycles. The molecule has 1 aromatic rings. The Kier molecular flexibility index (Phi) is 7.86. The van der Waals surface area contributed by atoms with Gasteiger partial charge in [0.25, 0.3) is 0 Å². The Morgan fingerprint density at radius 1 is 1.23 bits per heavy atom. The highest BCUT2D eigenvalue weighted by atomic mass is 32.1. The SMILES string of the molecule is CN=C(NCC1CCCCN1C(=O)OC(C)(C)C)NC1CCN(c2cccs2)CC1. The van der Waals surface area contributed by atoms with E-state index in [0.717, 1.165) is 57.7 Å². The van der Waals surface area contributed by atoms with Crippen molar-refractivity contribution in [1.29, 1.82) is 0 Å². The fourth-order valence-electron chi connectivity index (χ4n) is 4.07. The van der Waals surface area contributed by atoms with Crippen molar-refractivity contribution in [3.63, 3.8) is 0 Å². The van der Waals surface area contributed by atoms with Gasteiger partial charge >= 0.3 is 6.09 Å². The van der Waals surface area contributed by atoms with Gasteiger partial charge in [0.1, 0.15) is 5.60 Å². The van der Waals surface area contributed by atoms with E-state index >= 15 is 0 Å². The normalized spacial score (nSPS) is 21.5. The Morgan fingerprint density at radius 3 is 2.63 bits per heavy atom. The molecule has 2 aliphatic heterocycles. The van der Waals surface area contributed by atoms with Gasteiger partial charge in [-0.05, 0) is 70.4 Å². The van der Waals surface area contributed by atoms with Crippen LogP contribution in [-0.4, -0.2) is 67.9 Å². The number of rotatable bonds is 4. The van der Waals surface area contributed by atoms with Crippen molar-refractivity contribution in [3.8, 4) is 0 Å².